The largest absolute Gasteiger partial charge is 0.416 e. The fourth-order valence-electron chi connectivity index (χ4n) is 4.88. The fraction of sp³-hybridized carbons (Fsp3) is 0.310. The number of piperazine rings is 1. The normalized spacial score (nSPS) is 15.5. The minimum absolute atomic E-state index is 0.108. The number of carbonyl (C=O) groups is 1. The van der Waals surface area contributed by atoms with E-state index in [2.05, 4.69) is 26.7 Å². The Labute approximate surface area is 219 Å². The van der Waals surface area contributed by atoms with Gasteiger partial charge in [0, 0.05) is 68.2 Å². The summed E-state index contributed by atoms with van der Waals surface area (Å²) in [6.45, 7) is 5.09. The topological polar surface area (TPSA) is 73.1 Å². The molecule has 1 fully saturated rings. The van der Waals surface area contributed by atoms with Crippen molar-refractivity contribution >= 4 is 22.6 Å². The molecular formula is C29H30F3N5O. The second kappa shape index (κ2) is 11.0. The van der Waals surface area contributed by atoms with Crippen LogP contribution in [-0.4, -0.2) is 47.0 Å². The van der Waals surface area contributed by atoms with Gasteiger partial charge in [0.25, 0.3) is 0 Å². The molecule has 38 heavy (non-hydrogen) atoms. The number of rotatable bonds is 7. The van der Waals surface area contributed by atoms with Crippen LogP contribution in [0.4, 0.5) is 18.9 Å². The Balaban J connectivity index is 1.23. The lowest BCUT2D eigenvalue weighted by Gasteiger charge is -2.28. The van der Waals surface area contributed by atoms with Crippen LogP contribution in [0.1, 0.15) is 36.0 Å². The molecule has 3 N–H and O–H groups in total. The molecule has 2 aromatic carbocycles. The molecule has 1 atom stereocenters. The van der Waals surface area contributed by atoms with E-state index in [1.165, 1.54) is 6.07 Å². The Morgan fingerprint density at radius 2 is 1.82 bits per heavy atom. The van der Waals surface area contributed by atoms with Crippen molar-refractivity contribution in [2.45, 2.75) is 32.0 Å². The number of benzene rings is 2. The average Bonchev–Trinajstić information content (AvgIpc) is 3.38. The highest BCUT2D eigenvalue weighted by atomic mass is 19.4. The number of alkyl halides is 3. The van der Waals surface area contributed by atoms with Crippen molar-refractivity contribution in [2.75, 3.05) is 31.5 Å². The molecule has 1 amide bonds. The van der Waals surface area contributed by atoms with Crippen LogP contribution in [0.25, 0.3) is 22.2 Å². The summed E-state index contributed by atoms with van der Waals surface area (Å²) in [5, 5.41) is 6.90. The molecule has 4 aromatic rings. The zero-order valence-corrected chi connectivity index (χ0v) is 21.1. The monoisotopic (exact) mass is 521 g/mol. The number of fused-ring (bicyclic) bond motifs is 1. The fourth-order valence-corrected chi connectivity index (χ4v) is 4.88. The van der Waals surface area contributed by atoms with E-state index in [0.717, 1.165) is 46.9 Å². The van der Waals surface area contributed by atoms with E-state index in [-0.39, 0.29) is 36.0 Å². The zero-order chi connectivity index (χ0) is 26.7. The quantitative estimate of drug-likeness (QED) is 0.288. The Kier molecular flexibility index (Phi) is 7.49. The molecule has 6 nitrogen and oxygen atoms in total. The van der Waals surface area contributed by atoms with Crippen molar-refractivity contribution < 1.29 is 18.0 Å². The SMILES string of the molecule is C[C@H](CC(=O)Nc1ccc(CN2CCNCC2)c(C(F)(F)F)c1)c1ccc(-c2cnc3[nH]ccc3c2)cc1. The first-order chi connectivity index (χ1) is 18.3. The van der Waals surface area contributed by atoms with Gasteiger partial charge in [-0.15, -0.1) is 0 Å². The lowest BCUT2D eigenvalue weighted by Crippen LogP contribution is -2.43. The first-order valence-corrected chi connectivity index (χ1v) is 12.7. The second-order valence-electron chi connectivity index (χ2n) is 9.81. The third kappa shape index (κ3) is 6.06. The maximum atomic E-state index is 13.8. The van der Waals surface area contributed by atoms with Gasteiger partial charge in [-0.25, -0.2) is 4.98 Å². The first-order valence-electron chi connectivity index (χ1n) is 12.7. The smallest absolute Gasteiger partial charge is 0.346 e. The maximum Gasteiger partial charge on any atom is 0.416 e. The summed E-state index contributed by atoms with van der Waals surface area (Å²) in [4.78, 5) is 22.2. The Morgan fingerprint density at radius 3 is 2.55 bits per heavy atom. The van der Waals surface area contributed by atoms with Gasteiger partial charge in [-0.3, -0.25) is 9.69 Å². The van der Waals surface area contributed by atoms with Gasteiger partial charge >= 0.3 is 6.18 Å². The van der Waals surface area contributed by atoms with Crippen LogP contribution in [-0.2, 0) is 17.5 Å². The van der Waals surface area contributed by atoms with Crippen molar-refractivity contribution in [1.29, 1.82) is 0 Å². The van der Waals surface area contributed by atoms with Crippen molar-refractivity contribution in [1.82, 2.24) is 20.2 Å². The molecule has 5 rings (SSSR count). The minimum Gasteiger partial charge on any atom is -0.346 e. The highest BCUT2D eigenvalue weighted by molar-refractivity contribution is 5.91. The van der Waals surface area contributed by atoms with Crippen molar-refractivity contribution in [2.24, 2.45) is 0 Å². The molecule has 9 heteroatoms. The van der Waals surface area contributed by atoms with E-state index in [9.17, 15) is 18.0 Å². The van der Waals surface area contributed by atoms with Gasteiger partial charge in [0.05, 0.1) is 5.56 Å². The summed E-state index contributed by atoms with van der Waals surface area (Å²) >= 11 is 0. The Morgan fingerprint density at radius 1 is 1.05 bits per heavy atom. The summed E-state index contributed by atoms with van der Waals surface area (Å²) in [6.07, 6.45) is -0.682. The molecule has 1 aliphatic rings. The van der Waals surface area contributed by atoms with Crippen LogP contribution in [0.15, 0.2) is 67.0 Å². The van der Waals surface area contributed by atoms with Gasteiger partial charge < -0.3 is 15.6 Å². The van der Waals surface area contributed by atoms with Crippen molar-refractivity contribution in [3.05, 3.63) is 83.7 Å². The van der Waals surface area contributed by atoms with Gasteiger partial charge in [0.15, 0.2) is 0 Å². The zero-order valence-electron chi connectivity index (χ0n) is 21.1. The lowest BCUT2D eigenvalue weighted by molar-refractivity contribution is -0.138. The lowest BCUT2D eigenvalue weighted by atomic mass is 9.95. The molecule has 1 aliphatic heterocycles. The number of H-pyrrole nitrogens is 1. The highest BCUT2D eigenvalue weighted by Crippen LogP contribution is 2.35. The first kappa shape index (κ1) is 25.9. The van der Waals surface area contributed by atoms with Gasteiger partial charge in [-0.05, 0) is 46.9 Å². The Hall–Kier alpha value is -3.69. The van der Waals surface area contributed by atoms with E-state index >= 15 is 0 Å². The number of halogens is 3. The molecule has 0 radical (unpaired) electrons. The van der Waals surface area contributed by atoms with E-state index in [1.807, 2.05) is 54.5 Å². The minimum atomic E-state index is -4.50. The van der Waals surface area contributed by atoms with Crippen LogP contribution >= 0.6 is 0 Å². The number of hydrogen-bond donors (Lipinski definition) is 3. The molecule has 0 bridgehead atoms. The van der Waals surface area contributed by atoms with Crippen LogP contribution in [0.5, 0.6) is 0 Å². The average molecular weight is 522 g/mol. The van der Waals surface area contributed by atoms with Gasteiger partial charge in [-0.1, -0.05) is 37.3 Å². The predicted octanol–water partition coefficient (Wildman–Crippen LogP) is 5.79. The third-order valence-electron chi connectivity index (χ3n) is 7.01. The predicted molar refractivity (Wildman–Crippen MR) is 143 cm³/mol. The highest BCUT2D eigenvalue weighted by Gasteiger charge is 2.34. The molecule has 1 saturated heterocycles. The van der Waals surface area contributed by atoms with Crippen molar-refractivity contribution in [3.8, 4) is 11.1 Å². The van der Waals surface area contributed by atoms with Crippen LogP contribution in [0.3, 0.4) is 0 Å². The van der Waals surface area contributed by atoms with Crippen LogP contribution in [0, 0.1) is 0 Å². The number of pyridine rings is 1. The molecule has 3 heterocycles. The number of anilines is 1. The Bertz CT molecular complexity index is 1410. The van der Waals surface area contributed by atoms with Crippen molar-refractivity contribution in [3.63, 3.8) is 0 Å². The molecule has 198 valence electrons. The van der Waals surface area contributed by atoms with E-state index in [0.29, 0.717) is 13.1 Å². The van der Waals surface area contributed by atoms with Gasteiger partial charge in [-0.2, -0.15) is 13.2 Å². The number of aromatic amines is 1. The standard InChI is InChI=1S/C29H30F3N5O/c1-19(20-2-4-21(5-3-20)24-15-22-8-9-34-28(22)35-17-24)14-27(38)36-25-7-6-23(26(16-25)29(30,31)32)18-37-12-10-33-11-13-37/h2-9,15-17,19,33H,10-14,18H2,1H3,(H,34,35)(H,36,38)/t19-/m1/s1. The van der Waals surface area contributed by atoms with E-state index < -0.39 is 11.7 Å². The van der Waals surface area contributed by atoms with Gasteiger partial charge in [0.1, 0.15) is 5.65 Å². The van der Waals surface area contributed by atoms with E-state index in [1.54, 1.807) is 6.07 Å². The summed E-state index contributed by atoms with van der Waals surface area (Å²) in [5.41, 5.74) is 3.49. The second-order valence-corrected chi connectivity index (χ2v) is 9.81. The van der Waals surface area contributed by atoms with Gasteiger partial charge in [0.2, 0.25) is 5.91 Å². The van der Waals surface area contributed by atoms with Crippen LogP contribution in [0.2, 0.25) is 0 Å². The molecule has 0 spiro atoms. The maximum absolute atomic E-state index is 13.8. The third-order valence-corrected chi connectivity index (χ3v) is 7.01. The summed E-state index contributed by atoms with van der Waals surface area (Å²) in [6, 6.07) is 16.0. The molecule has 0 unspecified atom stereocenters. The number of amides is 1. The number of carbonyl (C=O) groups excluding carboxylic acids is 1. The number of hydrogen-bond acceptors (Lipinski definition) is 4. The number of nitrogens with one attached hydrogen (secondary N) is 3. The van der Waals surface area contributed by atoms with Crippen LogP contribution < -0.4 is 10.6 Å². The summed E-state index contributed by atoms with van der Waals surface area (Å²) in [7, 11) is 0. The number of nitrogens with zero attached hydrogens (tertiary/aromatic N) is 2. The molecular weight excluding hydrogens is 491 g/mol. The molecule has 2 aromatic heterocycles. The number of aromatic nitrogens is 2. The summed E-state index contributed by atoms with van der Waals surface area (Å²) < 4.78 is 41.5. The van der Waals surface area contributed by atoms with E-state index in [4.69, 9.17) is 0 Å². The summed E-state index contributed by atoms with van der Waals surface area (Å²) in [5.74, 6) is -0.435. The molecule has 0 saturated carbocycles. The molecule has 0 aliphatic carbocycles.